The maximum absolute atomic E-state index is 12.7. The quantitative estimate of drug-likeness (QED) is 0.236. The van der Waals surface area contributed by atoms with Gasteiger partial charge in [-0.05, 0) is 37.5 Å². The van der Waals surface area contributed by atoms with Crippen LogP contribution >= 0.6 is 0 Å². The van der Waals surface area contributed by atoms with Crippen LogP contribution in [-0.2, 0) is 28.2 Å². The lowest BCUT2D eigenvalue weighted by Crippen LogP contribution is -2.57. The molecular weight excluding hydrogens is 358 g/mol. The number of ketones is 1. The van der Waals surface area contributed by atoms with Crippen LogP contribution in [0.2, 0.25) is 18.1 Å². The number of ether oxygens (including phenoxy) is 3. The van der Waals surface area contributed by atoms with Gasteiger partial charge >= 0.3 is 5.97 Å². The number of esters is 1. The number of cyclic esters (lactones) is 1. The molecule has 0 saturated carbocycles. The van der Waals surface area contributed by atoms with Gasteiger partial charge in [0.1, 0.15) is 12.2 Å². The average molecular weight is 385 g/mol. The van der Waals surface area contributed by atoms with Crippen LogP contribution in [0.3, 0.4) is 0 Å². The molecule has 0 bridgehead atoms. The SMILES string of the molecule is CC1(C)OC2C(N=[N+]=[N-])C(=O)OC(C(=O)CO[Si](C)(C)C(C)(C)C)C2O1. The molecule has 2 heterocycles. The number of fused-ring (bicyclic) bond motifs is 1. The van der Waals surface area contributed by atoms with Gasteiger partial charge in [0.2, 0.25) is 0 Å². The van der Waals surface area contributed by atoms with E-state index < -0.39 is 44.4 Å². The van der Waals surface area contributed by atoms with Crippen molar-refractivity contribution in [1.82, 2.24) is 0 Å². The molecule has 4 atom stereocenters. The molecule has 2 aliphatic heterocycles. The highest BCUT2D eigenvalue weighted by atomic mass is 28.4. The Bertz CT molecular complexity index is 638. The number of carbonyl (C=O) groups is 2. The number of azide groups is 1. The third-order valence-corrected chi connectivity index (χ3v) is 9.61. The van der Waals surface area contributed by atoms with Crippen molar-refractivity contribution in [3.05, 3.63) is 10.4 Å². The van der Waals surface area contributed by atoms with E-state index in [9.17, 15) is 9.59 Å². The van der Waals surface area contributed by atoms with E-state index >= 15 is 0 Å². The van der Waals surface area contributed by atoms with E-state index in [4.69, 9.17) is 24.2 Å². The third-order valence-electron chi connectivity index (χ3n) is 5.13. The summed E-state index contributed by atoms with van der Waals surface area (Å²) in [6.07, 6.45) is -2.86. The van der Waals surface area contributed by atoms with Crippen LogP contribution in [0.4, 0.5) is 0 Å². The molecule has 0 amide bonds. The number of carbonyl (C=O) groups excluding carboxylic acids is 2. The fourth-order valence-corrected chi connectivity index (χ4v) is 3.60. The van der Waals surface area contributed by atoms with Crippen molar-refractivity contribution >= 4 is 20.1 Å². The first-order valence-corrected chi connectivity index (χ1v) is 11.5. The van der Waals surface area contributed by atoms with Crippen LogP contribution in [-0.4, -0.2) is 56.8 Å². The van der Waals surface area contributed by atoms with Gasteiger partial charge < -0.3 is 18.6 Å². The van der Waals surface area contributed by atoms with Gasteiger partial charge in [-0.3, -0.25) is 9.59 Å². The zero-order chi connectivity index (χ0) is 19.9. The van der Waals surface area contributed by atoms with Crippen LogP contribution < -0.4 is 0 Å². The van der Waals surface area contributed by atoms with Gasteiger partial charge in [-0.1, -0.05) is 25.9 Å². The number of nitrogens with zero attached hydrogens (tertiary/aromatic N) is 3. The zero-order valence-electron chi connectivity index (χ0n) is 16.3. The van der Waals surface area contributed by atoms with Crippen molar-refractivity contribution in [3.63, 3.8) is 0 Å². The summed E-state index contributed by atoms with van der Waals surface area (Å²) in [5, 5.41) is 3.39. The van der Waals surface area contributed by atoms with Crippen LogP contribution in [0.25, 0.3) is 10.4 Å². The minimum Gasteiger partial charge on any atom is -0.451 e. The maximum Gasteiger partial charge on any atom is 0.318 e. The summed E-state index contributed by atoms with van der Waals surface area (Å²) in [5.41, 5.74) is 8.68. The number of rotatable bonds is 5. The predicted octanol–water partition coefficient (Wildman–Crippen LogP) is 2.70. The van der Waals surface area contributed by atoms with Crippen molar-refractivity contribution in [2.24, 2.45) is 5.11 Å². The van der Waals surface area contributed by atoms with Gasteiger partial charge in [0, 0.05) is 4.91 Å². The van der Waals surface area contributed by atoms with Crippen LogP contribution in [0, 0.1) is 0 Å². The Morgan fingerprint density at radius 3 is 2.42 bits per heavy atom. The van der Waals surface area contributed by atoms with Gasteiger partial charge in [-0.15, -0.1) is 0 Å². The fraction of sp³-hybridized carbons (Fsp3) is 0.875. The monoisotopic (exact) mass is 385 g/mol. The summed E-state index contributed by atoms with van der Waals surface area (Å²) in [4.78, 5) is 27.6. The summed E-state index contributed by atoms with van der Waals surface area (Å²) >= 11 is 0. The summed E-state index contributed by atoms with van der Waals surface area (Å²) in [6, 6.07) is -1.18. The molecule has 0 N–H and O–H groups in total. The largest absolute Gasteiger partial charge is 0.451 e. The van der Waals surface area contributed by atoms with Crippen LogP contribution in [0.5, 0.6) is 0 Å². The van der Waals surface area contributed by atoms with Crippen molar-refractivity contribution in [3.8, 4) is 0 Å². The highest BCUT2D eigenvalue weighted by Gasteiger charge is 2.57. The Morgan fingerprint density at radius 1 is 1.31 bits per heavy atom. The lowest BCUT2D eigenvalue weighted by atomic mass is 9.96. The molecule has 0 aromatic heterocycles. The summed E-state index contributed by atoms with van der Waals surface area (Å²) < 4.78 is 22.6. The molecule has 2 fully saturated rings. The molecule has 0 aromatic carbocycles. The van der Waals surface area contributed by atoms with Gasteiger partial charge in [-0.2, -0.15) is 0 Å². The van der Waals surface area contributed by atoms with Crippen LogP contribution in [0.15, 0.2) is 5.11 Å². The molecule has 2 saturated heterocycles. The van der Waals surface area contributed by atoms with Crippen LogP contribution in [0.1, 0.15) is 34.6 Å². The van der Waals surface area contributed by atoms with Gasteiger partial charge in [0.25, 0.3) is 0 Å². The number of hydrogen-bond donors (Lipinski definition) is 0. The highest BCUT2D eigenvalue weighted by Crippen LogP contribution is 2.39. The topological polar surface area (TPSA) is 120 Å². The molecule has 0 aromatic rings. The molecule has 146 valence electrons. The Morgan fingerprint density at radius 2 is 1.88 bits per heavy atom. The van der Waals surface area contributed by atoms with Gasteiger partial charge in [-0.25, -0.2) is 0 Å². The molecule has 4 unspecified atom stereocenters. The predicted molar refractivity (Wildman–Crippen MR) is 94.8 cm³/mol. The van der Waals surface area contributed by atoms with Crippen molar-refractivity contribution in [2.45, 2.75) is 82.9 Å². The molecule has 0 radical (unpaired) electrons. The molecular formula is C16H27N3O6Si. The molecule has 0 spiro atoms. The molecule has 2 aliphatic rings. The number of Topliss-reactive ketones (excluding diaryl/α,β-unsaturated/α-hetero) is 1. The van der Waals surface area contributed by atoms with Gasteiger partial charge in [0.05, 0.1) is 6.61 Å². The van der Waals surface area contributed by atoms with E-state index in [1.165, 1.54) is 0 Å². The second kappa shape index (κ2) is 6.93. The van der Waals surface area contributed by atoms with E-state index in [0.717, 1.165) is 0 Å². The molecule has 9 nitrogen and oxygen atoms in total. The zero-order valence-corrected chi connectivity index (χ0v) is 17.3. The molecule has 26 heavy (non-hydrogen) atoms. The van der Waals surface area contributed by atoms with Crippen molar-refractivity contribution in [1.29, 1.82) is 0 Å². The Labute approximate surface area is 154 Å². The first-order chi connectivity index (χ1) is 11.8. The Balaban J connectivity index is 2.17. The summed E-state index contributed by atoms with van der Waals surface area (Å²) in [5.74, 6) is -2.21. The van der Waals surface area contributed by atoms with E-state index in [0.29, 0.717) is 0 Å². The summed E-state index contributed by atoms with van der Waals surface area (Å²) in [7, 11) is -2.14. The van der Waals surface area contributed by atoms with E-state index in [1.807, 2.05) is 13.1 Å². The first-order valence-electron chi connectivity index (χ1n) is 8.56. The third kappa shape index (κ3) is 4.10. The Kier molecular flexibility index (Phi) is 5.56. The smallest absolute Gasteiger partial charge is 0.318 e. The highest BCUT2D eigenvalue weighted by molar-refractivity contribution is 6.74. The second-order valence-electron chi connectivity index (χ2n) is 8.59. The maximum atomic E-state index is 12.7. The minimum absolute atomic E-state index is 0.0549. The lowest BCUT2D eigenvalue weighted by Gasteiger charge is -2.37. The average Bonchev–Trinajstić information content (AvgIpc) is 2.81. The van der Waals surface area contributed by atoms with Crippen molar-refractivity contribution in [2.75, 3.05) is 6.61 Å². The fourth-order valence-electron chi connectivity index (χ4n) is 2.66. The first kappa shape index (κ1) is 20.9. The lowest BCUT2D eigenvalue weighted by molar-refractivity contribution is -0.177. The van der Waals surface area contributed by atoms with E-state index in [2.05, 4.69) is 30.8 Å². The van der Waals surface area contributed by atoms with E-state index in [1.54, 1.807) is 13.8 Å². The molecule has 10 heteroatoms. The van der Waals surface area contributed by atoms with Crippen molar-refractivity contribution < 1.29 is 28.2 Å². The standard InChI is InChI=1S/C16H27N3O6Si/c1-15(2,3)26(6,7)22-8-9(20)11-13-12(24-16(4,5)25-13)10(18-19-17)14(21)23-11/h10-13H,8H2,1-7H3. The normalized spacial score (nSPS) is 31.0. The molecule has 0 aliphatic carbocycles. The molecule has 2 rings (SSSR count). The summed E-state index contributed by atoms with van der Waals surface area (Å²) in [6.45, 7) is 13.4. The second-order valence-corrected chi connectivity index (χ2v) is 13.4. The minimum atomic E-state index is -2.14. The van der Waals surface area contributed by atoms with E-state index in [-0.39, 0.29) is 17.4 Å². The Hall–Kier alpha value is -1.45. The van der Waals surface area contributed by atoms with Gasteiger partial charge in [0.15, 0.2) is 32.0 Å². The number of hydrogen-bond acceptors (Lipinski definition) is 7.